The largest absolute Gasteiger partial charge is 0.454 e. The quantitative estimate of drug-likeness (QED) is 0.682. The van der Waals surface area contributed by atoms with Crippen LogP contribution in [0, 0.1) is 6.92 Å². The number of rotatable bonds is 7. The molecule has 0 unspecified atom stereocenters. The molecule has 2 aromatic carbocycles. The van der Waals surface area contributed by atoms with Gasteiger partial charge in [-0.05, 0) is 36.8 Å². The molecule has 0 saturated carbocycles. The van der Waals surface area contributed by atoms with Crippen LogP contribution in [0.2, 0.25) is 0 Å². The summed E-state index contributed by atoms with van der Waals surface area (Å²) in [6.07, 6.45) is 0. The van der Waals surface area contributed by atoms with Gasteiger partial charge < -0.3 is 15.0 Å². The lowest BCUT2D eigenvalue weighted by Crippen LogP contribution is -2.34. The van der Waals surface area contributed by atoms with Crippen molar-refractivity contribution in [2.45, 2.75) is 13.5 Å². The lowest BCUT2D eigenvalue weighted by Gasteiger charge is -2.17. The van der Waals surface area contributed by atoms with Crippen molar-refractivity contribution in [2.24, 2.45) is 0 Å². The number of halogens is 1. The first-order chi connectivity index (χ1) is 12.8. The number of benzene rings is 2. The Morgan fingerprint density at radius 2 is 1.67 bits per heavy atom. The average Bonchev–Trinajstić information content (AvgIpc) is 2.66. The Morgan fingerprint density at radius 1 is 1.04 bits per heavy atom. The summed E-state index contributed by atoms with van der Waals surface area (Å²) in [4.78, 5) is 37.2. The highest BCUT2D eigenvalue weighted by Gasteiger charge is 2.14. The van der Waals surface area contributed by atoms with Gasteiger partial charge in [-0.25, -0.2) is 0 Å². The molecule has 142 valence electrons. The molecule has 6 nitrogen and oxygen atoms in total. The number of ether oxygens (including phenoxy) is 1. The Morgan fingerprint density at radius 3 is 2.30 bits per heavy atom. The highest BCUT2D eigenvalue weighted by Crippen LogP contribution is 2.10. The molecule has 7 heteroatoms. The molecule has 0 aromatic heterocycles. The number of nitrogens with one attached hydrogen (secondary N) is 1. The minimum atomic E-state index is -0.669. The van der Waals surface area contributed by atoms with Crippen molar-refractivity contribution in [3.8, 4) is 0 Å². The third kappa shape index (κ3) is 6.86. The summed E-state index contributed by atoms with van der Waals surface area (Å²) in [6, 6.07) is 14.6. The zero-order chi connectivity index (χ0) is 19.8. The van der Waals surface area contributed by atoms with E-state index in [1.165, 1.54) is 4.90 Å². The van der Waals surface area contributed by atoms with E-state index in [0.29, 0.717) is 12.1 Å². The molecule has 2 aromatic rings. The van der Waals surface area contributed by atoms with Crippen LogP contribution in [0.1, 0.15) is 21.5 Å². The SMILES string of the molecule is Cc1ccc(CN(C)C(=O)COC(=O)CNC(=O)c2ccc(Br)cc2)cc1. The van der Waals surface area contributed by atoms with Crippen molar-refractivity contribution < 1.29 is 19.1 Å². The van der Waals surface area contributed by atoms with Crippen molar-refractivity contribution in [3.63, 3.8) is 0 Å². The van der Waals surface area contributed by atoms with Gasteiger partial charge in [0.25, 0.3) is 11.8 Å². The zero-order valence-corrected chi connectivity index (χ0v) is 16.8. The maximum atomic E-state index is 12.1. The van der Waals surface area contributed by atoms with Crippen molar-refractivity contribution in [2.75, 3.05) is 20.2 Å². The topological polar surface area (TPSA) is 75.7 Å². The standard InChI is InChI=1S/C20H21BrN2O4/c1-14-3-5-15(6-4-14)12-23(2)18(24)13-27-19(25)11-22-20(26)16-7-9-17(21)10-8-16/h3-10H,11-13H2,1-2H3,(H,22,26). The van der Waals surface area contributed by atoms with Crippen molar-refractivity contribution >= 4 is 33.7 Å². The van der Waals surface area contributed by atoms with Gasteiger partial charge >= 0.3 is 5.97 Å². The molecule has 0 spiro atoms. The predicted octanol–water partition coefficient (Wildman–Crippen LogP) is 2.69. The third-order valence-electron chi connectivity index (χ3n) is 3.82. The molecule has 27 heavy (non-hydrogen) atoms. The first kappa shape index (κ1) is 20.6. The summed E-state index contributed by atoms with van der Waals surface area (Å²) in [5.74, 6) is -1.37. The fraction of sp³-hybridized carbons (Fsp3) is 0.250. The van der Waals surface area contributed by atoms with Crippen LogP contribution in [-0.2, 0) is 20.9 Å². The fourth-order valence-electron chi connectivity index (χ4n) is 2.21. The number of nitrogens with zero attached hydrogens (tertiary/aromatic N) is 1. The van der Waals surface area contributed by atoms with E-state index in [1.54, 1.807) is 31.3 Å². The van der Waals surface area contributed by atoms with Crippen LogP contribution in [0.15, 0.2) is 53.0 Å². The van der Waals surface area contributed by atoms with Gasteiger partial charge in [-0.3, -0.25) is 14.4 Å². The lowest BCUT2D eigenvalue weighted by atomic mass is 10.1. The van der Waals surface area contributed by atoms with Gasteiger partial charge in [-0.1, -0.05) is 45.8 Å². The van der Waals surface area contributed by atoms with Gasteiger partial charge in [0.05, 0.1) is 0 Å². The van der Waals surface area contributed by atoms with E-state index in [4.69, 9.17) is 4.74 Å². The molecule has 0 bridgehead atoms. The third-order valence-corrected chi connectivity index (χ3v) is 4.35. The second-order valence-electron chi connectivity index (χ2n) is 6.09. The highest BCUT2D eigenvalue weighted by molar-refractivity contribution is 9.10. The van der Waals surface area contributed by atoms with Crippen LogP contribution >= 0.6 is 15.9 Å². The molecule has 0 radical (unpaired) electrons. The van der Waals surface area contributed by atoms with Crippen LogP contribution in [0.5, 0.6) is 0 Å². The van der Waals surface area contributed by atoms with Crippen molar-refractivity contribution in [1.29, 1.82) is 0 Å². The van der Waals surface area contributed by atoms with Crippen LogP contribution in [0.25, 0.3) is 0 Å². The van der Waals surface area contributed by atoms with E-state index in [2.05, 4.69) is 21.2 Å². The molecular formula is C20H21BrN2O4. The molecule has 0 aliphatic heterocycles. The molecule has 2 amide bonds. The van der Waals surface area contributed by atoms with E-state index in [-0.39, 0.29) is 25.0 Å². The van der Waals surface area contributed by atoms with Gasteiger partial charge in [0.1, 0.15) is 6.54 Å². The number of hydrogen-bond acceptors (Lipinski definition) is 4. The summed E-state index contributed by atoms with van der Waals surface area (Å²) >= 11 is 3.28. The Kier molecular flexibility index (Phi) is 7.55. The van der Waals surface area contributed by atoms with E-state index in [0.717, 1.165) is 15.6 Å². The molecule has 2 rings (SSSR count). The second kappa shape index (κ2) is 9.87. The van der Waals surface area contributed by atoms with Crippen LogP contribution in [0.4, 0.5) is 0 Å². The lowest BCUT2D eigenvalue weighted by molar-refractivity contribution is -0.150. The Labute approximate surface area is 166 Å². The van der Waals surface area contributed by atoms with Crippen LogP contribution in [0.3, 0.4) is 0 Å². The minimum Gasteiger partial charge on any atom is -0.454 e. The van der Waals surface area contributed by atoms with Gasteiger partial charge in [-0.15, -0.1) is 0 Å². The number of amides is 2. The van der Waals surface area contributed by atoms with E-state index < -0.39 is 5.97 Å². The first-order valence-corrected chi connectivity index (χ1v) is 9.13. The Balaban J connectivity index is 1.72. The van der Waals surface area contributed by atoms with Crippen LogP contribution < -0.4 is 5.32 Å². The monoisotopic (exact) mass is 432 g/mol. The van der Waals surface area contributed by atoms with Crippen molar-refractivity contribution in [3.05, 3.63) is 69.7 Å². The summed E-state index contributed by atoms with van der Waals surface area (Å²) in [6.45, 7) is 1.75. The van der Waals surface area contributed by atoms with Gasteiger partial charge in [0, 0.05) is 23.6 Å². The van der Waals surface area contributed by atoms with E-state index in [1.807, 2.05) is 31.2 Å². The number of carbonyl (C=O) groups is 3. The molecule has 0 heterocycles. The van der Waals surface area contributed by atoms with Gasteiger partial charge in [-0.2, -0.15) is 0 Å². The zero-order valence-electron chi connectivity index (χ0n) is 15.2. The van der Waals surface area contributed by atoms with Gasteiger partial charge in [0.2, 0.25) is 0 Å². The highest BCUT2D eigenvalue weighted by atomic mass is 79.9. The molecule has 0 atom stereocenters. The number of aryl methyl sites for hydroxylation is 1. The molecular weight excluding hydrogens is 412 g/mol. The smallest absolute Gasteiger partial charge is 0.325 e. The number of carbonyl (C=O) groups excluding carboxylic acids is 3. The van der Waals surface area contributed by atoms with Crippen LogP contribution in [-0.4, -0.2) is 42.9 Å². The summed E-state index contributed by atoms with van der Waals surface area (Å²) in [5, 5.41) is 2.46. The first-order valence-electron chi connectivity index (χ1n) is 8.34. The van der Waals surface area contributed by atoms with Crippen molar-refractivity contribution in [1.82, 2.24) is 10.2 Å². The number of hydrogen-bond donors (Lipinski definition) is 1. The summed E-state index contributed by atoms with van der Waals surface area (Å²) in [7, 11) is 1.64. The average molecular weight is 433 g/mol. The summed E-state index contributed by atoms with van der Waals surface area (Å²) < 4.78 is 5.79. The van der Waals surface area contributed by atoms with Gasteiger partial charge in [0.15, 0.2) is 6.61 Å². The Bertz CT molecular complexity index is 804. The maximum Gasteiger partial charge on any atom is 0.325 e. The Hall–Kier alpha value is -2.67. The van der Waals surface area contributed by atoms with E-state index in [9.17, 15) is 14.4 Å². The second-order valence-corrected chi connectivity index (χ2v) is 7.00. The predicted molar refractivity (Wildman–Crippen MR) is 105 cm³/mol. The molecule has 0 aliphatic rings. The minimum absolute atomic E-state index is 0.302. The molecule has 0 fully saturated rings. The normalized spacial score (nSPS) is 10.2. The molecule has 0 saturated heterocycles. The fourth-order valence-corrected chi connectivity index (χ4v) is 2.48. The van der Waals surface area contributed by atoms with E-state index >= 15 is 0 Å². The maximum absolute atomic E-state index is 12.1. The number of likely N-dealkylation sites (N-methyl/N-ethyl adjacent to an activating group) is 1. The number of esters is 1. The molecule has 0 aliphatic carbocycles. The summed E-state index contributed by atoms with van der Waals surface area (Å²) in [5.41, 5.74) is 2.57. The molecule has 1 N–H and O–H groups in total.